The van der Waals surface area contributed by atoms with E-state index in [9.17, 15) is 0 Å². The molecule has 1 saturated heterocycles. The van der Waals surface area contributed by atoms with Gasteiger partial charge in [-0.2, -0.15) is 0 Å². The molecule has 1 fully saturated rings. The van der Waals surface area contributed by atoms with E-state index >= 15 is 0 Å². The Kier molecular flexibility index (Phi) is 4.30. The highest BCUT2D eigenvalue weighted by Crippen LogP contribution is 2.20. The quantitative estimate of drug-likeness (QED) is 0.907. The van der Waals surface area contributed by atoms with Gasteiger partial charge in [-0.3, -0.25) is 4.90 Å². The Labute approximate surface area is 116 Å². The van der Waals surface area contributed by atoms with Crippen LogP contribution in [0.1, 0.15) is 27.2 Å². The molecule has 1 aromatic heterocycles. The summed E-state index contributed by atoms with van der Waals surface area (Å²) in [5, 5.41) is 0. The van der Waals surface area contributed by atoms with Crippen LogP contribution in [0.4, 0.5) is 11.5 Å². The maximum absolute atomic E-state index is 5.67. The summed E-state index contributed by atoms with van der Waals surface area (Å²) < 4.78 is 0. The molecule has 1 aromatic rings. The standard InChI is InChI=1S/C15H26N4/c1-15(2,3)6-7-18-8-10-19(11-9-18)14-5-4-13(16)12-17-14/h4-5,12H,6-11,16H2,1-3H3. The van der Waals surface area contributed by atoms with E-state index in [0.29, 0.717) is 5.41 Å². The Balaban J connectivity index is 1.81. The van der Waals surface area contributed by atoms with Crippen molar-refractivity contribution in [3.63, 3.8) is 0 Å². The summed E-state index contributed by atoms with van der Waals surface area (Å²) in [6, 6.07) is 3.94. The first-order valence-electron chi connectivity index (χ1n) is 7.13. The number of piperazine rings is 1. The second-order valence-electron chi connectivity index (χ2n) is 6.59. The highest BCUT2D eigenvalue weighted by Gasteiger charge is 2.19. The highest BCUT2D eigenvalue weighted by atomic mass is 15.3. The molecule has 0 bridgehead atoms. The lowest BCUT2D eigenvalue weighted by Gasteiger charge is -2.36. The lowest BCUT2D eigenvalue weighted by atomic mass is 9.92. The van der Waals surface area contributed by atoms with E-state index in [-0.39, 0.29) is 0 Å². The summed E-state index contributed by atoms with van der Waals surface area (Å²) in [6.07, 6.45) is 2.99. The maximum atomic E-state index is 5.67. The van der Waals surface area contributed by atoms with Gasteiger partial charge >= 0.3 is 0 Å². The zero-order valence-corrected chi connectivity index (χ0v) is 12.4. The zero-order chi connectivity index (χ0) is 13.9. The summed E-state index contributed by atoms with van der Waals surface area (Å²) in [4.78, 5) is 9.29. The topological polar surface area (TPSA) is 45.4 Å². The number of hydrogen-bond acceptors (Lipinski definition) is 4. The van der Waals surface area contributed by atoms with Gasteiger partial charge in [0, 0.05) is 26.2 Å². The van der Waals surface area contributed by atoms with Crippen molar-refractivity contribution in [2.45, 2.75) is 27.2 Å². The van der Waals surface area contributed by atoms with Crippen LogP contribution in [0.25, 0.3) is 0 Å². The van der Waals surface area contributed by atoms with Crippen molar-refractivity contribution >= 4 is 11.5 Å². The largest absolute Gasteiger partial charge is 0.397 e. The van der Waals surface area contributed by atoms with E-state index in [1.165, 1.54) is 13.0 Å². The number of hydrogen-bond donors (Lipinski definition) is 1. The summed E-state index contributed by atoms with van der Waals surface area (Å²) in [7, 11) is 0. The minimum absolute atomic E-state index is 0.426. The zero-order valence-electron chi connectivity index (χ0n) is 12.4. The SMILES string of the molecule is CC(C)(C)CCN1CCN(c2ccc(N)cn2)CC1. The molecule has 0 spiro atoms. The van der Waals surface area contributed by atoms with Gasteiger partial charge in [0.05, 0.1) is 11.9 Å². The molecule has 2 heterocycles. The molecular weight excluding hydrogens is 236 g/mol. The van der Waals surface area contributed by atoms with Crippen LogP contribution in [-0.4, -0.2) is 42.6 Å². The van der Waals surface area contributed by atoms with E-state index in [1.807, 2.05) is 12.1 Å². The minimum Gasteiger partial charge on any atom is -0.397 e. The summed E-state index contributed by atoms with van der Waals surface area (Å²) in [5.74, 6) is 1.05. The molecular formula is C15H26N4. The molecule has 1 aliphatic rings. The van der Waals surface area contributed by atoms with E-state index in [4.69, 9.17) is 5.73 Å². The van der Waals surface area contributed by atoms with E-state index < -0.39 is 0 Å². The Morgan fingerprint density at radius 2 is 1.84 bits per heavy atom. The van der Waals surface area contributed by atoms with Crippen molar-refractivity contribution in [3.05, 3.63) is 18.3 Å². The lowest BCUT2D eigenvalue weighted by Crippen LogP contribution is -2.47. The number of pyridine rings is 1. The predicted molar refractivity (Wildman–Crippen MR) is 81.4 cm³/mol. The number of aromatic nitrogens is 1. The van der Waals surface area contributed by atoms with Crippen molar-refractivity contribution < 1.29 is 0 Å². The molecule has 4 heteroatoms. The number of anilines is 2. The maximum Gasteiger partial charge on any atom is 0.128 e. The van der Waals surface area contributed by atoms with Gasteiger partial charge in [-0.25, -0.2) is 4.98 Å². The molecule has 2 rings (SSSR count). The normalized spacial score (nSPS) is 17.7. The summed E-state index contributed by atoms with van der Waals surface area (Å²) >= 11 is 0. The van der Waals surface area contributed by atoms with Gasteiger partial charge in [0.25, 0.3) is 0 Å². The van der Waals surface area contributed by atoms with Crippen LogP contribution >= 0.6 is 0 Å². The number of rotatable bonds is 3. The summed E-state index contributed by atoms with van der Waals surface area (Å²) in [6.45, 7) is 12.5. The Hall–Kier alpha value is -1.29. The van der Waals surface area contributed by atoms with Gasteiger partial charge in [-0.15, -0.1) is 0 Å². The number of nitrogens with zero attached hydrogens (tertiary/aromatic N) is 3. The van der Waals surface area contributed by atoms with Crippen LogP contribution < -0.4 is 10.6 Å². The van der Waals surface area contributed by atoms with Crippen molar-refractivity contribution in [1.29, 1.82) is 0 Å². The lowest BCUT2D eigenvalue weighted by molar-refractivity contribution is 0.217. The first kappa shape index (κ1) is 14.1. The molecule has 0 atom stereocenters. The van der Waals surface area contributed by atoms with Crippen molar-refractivity contribution in [3.8, 4) is 0 Å². The molecule has 0 unspecified atom stereocenters. The third kappa shape index (κ3) is 4.39. The summed E-state index contributed by atoms with van der Waals surface area (Å²) in [5.41, 5.74) is 6.82. The molecule has 0 amide bonds. The average Bonchev–Trinajstić information content (AvgIpc) is 2.37. The van der Waals surface area contributed by atoms with E-state index in [0.717, 1.165) is 37.7 Å². The van der Waals surface area contributed by atoms with Crippen LogP contribution in [0.15, 0.2) is 18.3 Å². The van der Waals surface area contributed by atoms with Crippen LogP contribution in [-0.2, 0) is 0 Å². The van der Waals surface area contributed by atoms with Gasteiger partial charge in [0.2, 0.25) is 0 Å². The van der Waals surface area contributed by atoms with Crippen LogP contribution in [0.3, 0.4) is 0 Å². The Morgan fingerprint density at radius 1 is 1.16 bits per heavy atom. The Morgan fingerprint density at radius 3 is 2.37 bits per heavy atom. The van der Waals surface area contributed by atoms with Gasteiger partial charge < -0.3 is 10.6 Å². The predicted octanol–water partition coefficient (Wildman–Crippen LogP) is 2.22. The van der Waals surface area contributed by atoms with Crippen LogP contribution in [0, 0.1) is 5.41 Å². The molecule has 1 aliphatic heterocycles. The van der Waals surface area contributed by atoms with Crippen molar-refractivity contribution in [2.75, 3.05) is 43.4 Å². The van der Waals surface area contributed by atoms with Crippen LogP contribution in [0.2, 0.25) is 0 Å². The first-order valence-corrected chi connectivity index (χ1v) is 7.13. The molecule has 0 radical (unpaired) electrons. The highest BCUT2D eigenvalue weighted by molar-refractivity contribution is 5.46. The molecule has 4 nitrogen and oxygen atoms in total. The van der Waals surface area contributed by atoms with Gasteiger partial charge in [-0.05, 0) is 30.5 Å². The molecule has 0 saturated carbocycles. The van der Waals surface area contributed by atoms with E-state index in [2.05, 4.69) is 35.6 Å². The monoisotopic (exact) mass is 262 g/mol. The van der Waals surface area contributed by atoms with Gasteiger partial charge in [0.15, 0.2) is 0 Å². The minimum atomic E-state index is 0.426. The third-order valence-electron chi connectivity index (χ3n) is 3.65. The van der Waals surface area contributed by atoms with Crippen molar-refractivity contribution in [1.82, 2.24) is 9.88 Å². The fourth-order valence-electron chi connectivity index (χ4n) is 2.28. The second kappa shape index (κ2) is 5.78. The fraction of sp³-hybridized carbons (Fsp3) is 0.667. The molecule has 2 N–H and O–H groups in total. The molecule has 0 aromatic carbocycles. The fourth-order valence-corrected chi connectivity index (χ4v) is 2.28. The third-order valence-corrected chi connectivity index (χ3v) is 3.65. The van der Waals surface area contributed by atoms with Crippen LogP contribution in [0.5, 0.6) is 0 Å². The molecule has 19 heavy (non-hydrogen) atoms. The molecule has 0 aliphatic carbocycles. The van der Waals surface area contributed by atoms with Gasteiger partial charge in [-0.1, -0.05) is 20.8 Å². The average molecular weight is 262 g/mol. The Bertz CT molecular complexity index is 386. The smallest absolute Gasteiger partial charge is 0.128 e. The first-order chi connectivity index (χ1) is 8.94. The second-order valence-corrected chi connectivity index (χ2v) is 6.59. The molecule has 106 valence electrons. The van der Waals surface area contributed by atoms with Gasteiger partial charge in [0.1, 0.15) is 5.82 Å². The van der Waals surface area contributed by atoms with Crippen molar-refractivity contribution in [2.24, 2.45) is 5.41 Å². The number of nitrogen functional groups attached to an aromatic ring is 1. The number of nitrogens with two attached hydrogens (primary N) is 1. The van der Waals surface area contributed by atoms with E-state index in [1.54, 1.807) is 6.20 Å².